The van der Waals surface area contributed by atoms with E-state index in [1.165, 1.54) is 16.4 Å². The molecule has 3 fully saturated rings. The molecule has 5 atom stereocenters. The first kappa shape index (κ1) is 24.8. The van der Waals surface area contributed by atoms with Crippen LogP contribution in [-0.4, -0.2) is 51.9 Å². The lowest BCUT2D eigenvalue weighted by molar-refractivity contribution is 0.286. The number of benzene rings is 1. The molecule has 3 heterocycles. The van der Waals surface area contributed by atoms with Crippen LogP contribution in [0.1, 0.15) is 38.3 Å². The minimum absolute atomic E-state index is 0.0385. The summed E-state index contributed by atoms with van der Waals surface area (Å²) in [5.74, 6) is -0.703. The van der Waals surface area contributed by atoms with Gasteiger partial charge >= 0.3 is 0 Å². The van der Waals surface area contributed by atoms with Crippen molar-refractivity contribution in [1.29, 1.82) is 0 Å². The van der Waals surface area contributed by atoms with Crippen LogP contribution in [0.5, 0.6) is 0 Å². The van der Waals surface area contributed by atoms with Gasteiger partial charge in [0.2, 0.25) is 10.0 Å². The molecule has 2 saturated heterocycles. The van der Waals surface area contributed by atoms with Gasteiger partial charge in [-0.3, -0.25) is 0 Å². The lowest BCUT2D eigenvalue weighted by Crippen LogP contribution is -2.48. The second-order valence-electron chi connectivity index (χ2n) is 10.0. The van der Waals surface area contributed by atoms with Gasteiger partial charge in [-0.1, -0.05) is 30.9 Å². The van der Waals surface area contributed by atoms with Crippen molar-refractivity contribution >= 4 is 15.7 Å². The largest absolute Gasteiger partial charge is 0.366 e. The Balaban J connectivity index is 1.31. The van der Waals surface area contributed by atoms with Crippen molar-refractivity contribution in [3.8, 4) is 0 Å². The summed E-state index contributed by atoms with van der Waals surface area (Å²) in [6.45, 7) is 8.71. The van der Waals surface area contributed by atoms with Crippen LogP contribution in [0.25, 0.3) is 0 Å². The van der Waals surface area contributed by atoms with E-state index in [0.29, 0.717) is 48.9 Å². The van der Waals surface area contributed by atoms with Crippen LogP contribution < -0.4 is 4.90 Å². The SMILES string of the molecule is C=C(/C=C\C=C/C)[C@H]1CC[C@H](C)N(Cc2cc(F)c(N3C[C@@H]4[C@H](C3)[C@H]4n3cnnc3)c(F)c2)S1(=O)=O. The molecule has 0 radical (unpaired) electrons. The molecule has 0 unspecified atom stereocenters. The van der Waals surface area contributed by atoms with Crippen LogP contribution in [0, 0.1) is 23.5 Å². The molecule has 1 aliphatic carbocycles. The predicted molar refractivity (Wildman–Crippen MR) is 135 cm³/mol. The van der Waals surface area contributed by atoms with E-state index in [4.69, 9.17) is 0 Å². The first-order chi connectivity index (χ1) is 17.2. The molecule has 1 aromatic heterocycles. The number of rotatable bonds is 7. The van der Waals surface area contributed by atoms with Gasteiger partial charge in [0.15, 0.2) is 0 Å². The molecule has 0 amide bonds. The normalized spacial score (nSPS) is 29.8. The Kier molecular flexibility index (Phi) is 6.59. The van der Waals surface area contributed by atoms with Crippen molar-refractivity contribution in [3.63, 3.8) is 0 Å². The highest BCUT2D eigenvalue weighted by Gasteiger charge is 2.57. The molecule has 1 saturated carbocycles. The topological polar surface area (TPSA) is 71.3 Å². The molecule has 0 spiro atoms. The highest BCUT2D eigenvalue weighted by molar-refractivity contribution is 7.90. The van der Waals surface area contributed by atoms with Gasteiger partial charge in [0.25, 0.3) is 0 Å². The fraction of sp³-hybridized carbons (Fsp3) is 0.462. The summed E-state index contributed by atoms with van der Waals surface area (Å²) in [7, 11) is -3.74. The number of anilines is 1. The molecule has 0 bridgehead atoms. The number of allylic oxidation sites excluding steroid dienone is 4. The van der Waals surface area contributed by atoms with Gasteiger partial charge in [0.05, 0.1) is 0 Å². The van der Waals surface area contributed by atoms with E-state index in [2.05, 4.69) is 16.8 Å². The van der Waals surface area contributed by atoms with Gasteiger partial charge in [0, 0.05) is 43.6 Å². The van der Waals surface area contributed by atoms with E-state index in [0.717, 1.165) is 0 Å². The number of hydrogen-bond acceptors (Lipinski definition) is 5. The van der Waals surface area contributed by atoms with Crippen LogP contribution in [0.15, 0.2) is 61.2 Å². The number of aromatic nitrogens is 3. The van der Waals surface area contributed by atoms with Crippen molar-refractivity contribution in [1.82, 2.24) is 19.1 Å². The third-order valence-corrected chi connectivity index (χ3v) is 10.1. The number of sulfonamides is 1. The molecular formula is C26H31F2N5O2S. The van der Waals surface area contributed by atoms with Gasteiger partial charge in [-0.25, -0.2) is 17.2 Å². The molecule has 0 N–H and O–H groups in total. The lowest BCUT2D eigenvalue weighted by atomic mass is 10.0. The number of nitrogens with zero attached hydrogens (tertiary/aromatic N) is 5. The Hall–Kier alpha value is -2.85. The summed E-state index contributed by atoms with van der Waals surface area (Å²) in [5, 5.41) is 6.93. The summed E-state index contributed by atoms with van der Waals surface area (Å²) in [6, 6.07) is 2.55. The zero-order chi connectivity index (χ0) is 25.6. The zero-order valence-corrected chi connectivity index (χ0v) is 21.3. The second-order valence-corrected chi connectivity index (χ2v) is 12.1. The average molecular weight is 516 g/mol. The molecule has 5 rings (SSSR count). The molecule has 2 aromatic rings. The fourth-order valence-corrected chi connectivity index (χ4v) is 7.95. The standard InChI is InChI=1S/C26H31F2N5O2S/c1-4-5-6-7-17(2)24-9-8-18(3)33(36(24,34)35)12-19-10-22(27)26(23(28)11-19)31-13-20-21(14-31)25(20)32-15-29-30-16-32/h4-7,10-11,15-16,18,20-21,24-25H,2,8-9,12-14H2,1,3H3/b5-4-,7-6-/t18-,20-,21+,24+,25+/m0/s1. The van der Waals surface area contributed by atoms with Gasteiger partial charge in [-0.05, 0) is 50.0 Å². The Morgan fingerprint density at radius 1 is 1.11 bits per heavy atom. The second kappa shape index (κ2) is 9.55. The Morgan fingerprint density at radius 3 is 2.36 bits per heavy atom. The van der Waals surface area contributed by atoms with Crippen LogP contribution in [-0.2, 0) is 16.6 Å². The van der Waals surface area contributed by atoms with E-state index in [1.807, 2.05) is 30.6 Å². The third kappa shape index (κ3) is 4.41. The Bertz CT molecular complexity index is 1270. The molecule has 7 nitrogen and oxygen atoms in total. The van der Waals surface area contributed by atoms with E-state index >= 15 is 8.78 Å². The quantitative estimate of drug-likeness (QED) is 0.516. The highest BCUT2D eigenvalue weighted by Crippen LogP contribution is 2.56. The van der Waals surface area contributed by atoms with Crippen LogP contribution >= 0.6 is 0 Å². The molecule has 36 heavy (non-hydrogen) atoms. The molecule has 2 aliphatic heterocycles. The fourth-order valence-electron chi connectivity index (χ4n) is 5.79. The van der Waals surface area contributed by atoms with Crippen molar-refractivity contribution < 1.29 is 17.2 Å². The number of fused-ring (bicyclic) bond motifs is 1. The van der Waals surface area contributed by atoms with E-state index in [-0.39, 0.29) is 24.3 Å². The summed E-state index contributed by atoms with van der Waals surface area (Å²) in [6.07, 6.45) is 11.6. The van der Waals surface area contributed by atoms with Crippen molar-refractivity contribution in [2.24, 2.45) is 11.8 Å². The van der Waals surface area contributed by atoms with Gasteiger partial charge in [-0.15, -0.1) is 10.2 Å². The summed E-state index contributed by atoms with van der Waals surface area (Å²) >= 11 is 0. The zero-order valence-electron chi connectivity index (χ0n) is 20.5. The molecular weight excluding hydrogens is 484 g/mol. The minimum atomic E-state index is -3.74. The van der Waals surface area contributed by atoms with Gasteiger partial charge in [-0.2, -0.15) is 4.31 Å². The Labute approximate surface area is 210 Å². The van der Waals surface area contributed by atoms with Crippen LogP contribution in [0.4, 0.5) is 14.5 Å². The van der Waals surface area contributed by atoms with Gasteiger partial charge in [0.1, 0.15) is 35.2 Å². The van der Waals surface area contributed by atoms with Crippen LogP contribution in [0.3, 0.4) is 0 Å². The van der Waals surface area contributed by atoms with Crippen molar-refractivity contribution in [2.75, 3.05) is 18.0 Å². The first-order valence-electron chi connectivity index (χ1n) is 12.3. The number of piperidine rings is 1. The maximum absolute atomic E-state index is 15.2. The molecule has 3 aliphatic rings. The minimum Gasteiger partial charge on any atom is -0.366 e. The Morgan fingerprint density at radius 2 is 1.75 bits per heavy atom. The number of hydrogen-bond donors (Lipinski definition) is 0. The summed E-state index contributed by atoms with van der Waals surface area (Å²) < 4.78 is 60.6. The average Bonchev–Trinajstić information content (AvgIpc) is 3.19. The maximum atomic E-state index is 15.2. The van der Waals surface area contributed by atoms with E-state index in [9.17, 15) is 8.42 Å². The number of halogens is 2. The highest BCUT2D eigenvalue weighted by atomic mass is 32.2. The third-order valence-electron chi connectivity index (χ3n) is 7.71. The van der Waals surface area contributed by atoms with E-state index in [1.54, 1.807) is 29.7 Å². The van der Waals surface area contributed by atoms with Crippen molar-refractivity contribution in [2.45, 2.75) is 50.6 Å². The smallest absolute Gasteiger partial charge is 0.221 e. The molecule has 1 aromatic carbocycles. The predicted octanol–water partition coefficient (Wildman–Crippen LogP) is 4.23. The molecule has 192 valence electrons. The molecule has 10 heteroatoms. The van der Waals surface area contributed by atoms with E-state index < -0.39 is 26.9 Å². The van der Waals surface area contributed by atoms with Gasteiger partial charge < -0.3 is 9.47 Å². The summed E-state index contributed by atoms with van der Waals surface area (Å²) in [4.78, 5) is 1.75. The monoisotopic (exact) mass is 515 g/mol. The summed E-state index contributed by atoms with van der Waals surface area (Å²) in [5.41, 5.74) is 0.769. The lowest BCUT2D eigenvalue weighted by Gasteiger charge is -2.37. The van der Waals surface area contributed by atoms with Crippen LogP contribution in [0.2, 0.25) is 0 Å². The maximum Gasteiger partial charge on any atom is 0.221 e. The first-order valence-corrected chi connectivity index (χ1v) is 13.8. The van der Waals surface area contributed by atoms with Crippen molar-refractivity contribution in [3.05, 3.63) is 78.4 Å².